The Kier molecular flexibility index (Phi) is 4.52. The molecule has 0 saturated carbocycles. The van der Waals surface area contributed by atoms with Gasteiger partial charge in [-0.3, -0.25) is 0 Å². The first-order valence-electron chi connectivity index (χ1n) is 10.5. The first-order valence-corrected chi connectivity index (χ1v) is 10.9. The van der Waals surface area contributed by atoms with Gasteiger partial charge < -0.3 is 4.74 Å². The van der Waals surface area contributed by atoms with Crippen molar-refractivity contribution in [3.8, 4) is 5.75 Å². The van der Waals surface area contributed by atoms with E-state index in [1.165, 1.54) is 16.3 Å². The Morgan fingerprint density at radius 3 is 2.44 bits per heavy atom. The van der Waals surface area contributed by atoms with Crippen molar-refractivity contribution >= 4 is 45.1 Å². The highest BCUT2D eigenvalue weighted by molar-refractivity contribution is 6.30. The Hall–Kier alpha value is -3.88. The summed E-state index contributed by atoms with van der Waals surface area (Å²) in [4.78, 5) is 4.84. The molecule has 32 heavy (non-hydrogen) atoms. The molecule has 0 saturated heterocycles. The predicted molar refractivity (Wildman–Crippen MR) is 134 cm³/mol. The second-order valence-electron chi connectivity index (χ2n) is 7.77. The molecule has 0 aliphatic carbocycles. The Balaban J connectivity index is 1.38. The number of para-hydroxylation sites is 1. The van der Waals surface area contributed by atoms with Gasteiger partial charge in [0.25, 0.3) is 0 Å². The summed E-state index contributed by atoms with van der Waals surface area (Å²) in [6.07, 6.45) is 8.33. The van der Waals surface area contributed by atoms with E-state index >= 15 is 0 Å². The molecule has 0 bridgehead atoms. The summed E-state index contributed by atoms with van der Waals surface area (Å²) in [6.45, 7) is 0. The first kappa shape index (κ1) is 18.9. The number of benzene rings is 4. The summed E-state index contributed by atoms with van der Waals surface area (Å²) < 4.78 is 6.18. The van der Waals surface area contributed by atoms with Crippen LogP contribution in [0, 0.1) is 0 Å². The number of hydrogen-bond donors (Lipinski definition) is 0. The largest absolute Gasteiger partial charge is 0.456 e. The van der Waals surface area contributed by atoms with Crippen LogP contribution in [-0.2, 0) is 0 Å². The monoisotopic (exact) mass is 431 g/mol. The van der Waals surface area contributed by atoms with Gasteiger partial charge in [0.05, 0.1) is 11.4 Å². The summed E-state index contributed by atoms with van der Waals surface area (Å²) >= 11 is 6.06. The van der Waals surface area contributed by atoms with Gasteiger partial charge in [-0.05, 0) is 59.5 Å². The topological polar surface area (TPSA) is 21.6 Å². The first-order chi connectivity index (χ1) is 15.8. The van der Waals surface area contributed by atoms with E-state index in [4.69, 9.17) is 21.3 Å². The van der Waals surface area contributed by atoms with Crippen LogP contribution in [0.1, 0.15) is 16.7 Å². The lowest BCUT2D eigenvalue weighted by Crippen LogP contribution is -2.03. The molecular weight excluding hydrogens is 414 g/mol. The lowest BCUT2D eigenvalue weighted by molar-refractivity contribution is 0.509. The summed E-state index contributed by atoms with van der Waals surface area (Å²) in [5.41, 5.74) is 6.33. The third-order valence-electron chi connectivity index (χ3n) is 5.76. The molecule has 0 N–H and O–H groups in total. The van der Waals surface area contributed by atoms with Crippen LogP contribution < -0.4 is 4.74 Å². The van der Waals surface area contributed by atoms with Gasteiger partial charge in [0, 0.05) is 27.1 Å². The number of hydrogen-bond acceptors (Lipinski definition) is 2. The Morgan fingerprint density at radius 2 is 1.56 bits per heavy atom. The van der Waals surface area contributed by atoms with Crippen molar-refractivity contribution < 1.29 is 4.74 Å². The minimum Gasteiger partial charge on any atom is -0.456 e. The lowest BCUT2D eigenvalue weighted by atomic mass is 9.98. The summed E-state index contributed by atoms with van der Waals surface area (Å²) in [6, 6.07) is 28.4. The van der Waals surface area contributed by atoms with Crippen LogP contribution in [0.15, 0.2) is 114 Å². The maximum Gasteiger partial charge on any atom is 0.135 e. The molecule has 0 amide bonds. The van der Waals surface area contributed by atoms with Crippen molar-refractivity contribution in [1.82, 2.24) is 0 Å². The smallest absolute Gasteiger partial charge is 0.135 e. The molecule has 0 unspecified atom stereocenters. The molecule has 0 spiro atoms. The van der Waals surface area contributed by atoms with Crippen LogP contribution in [0.2, 0.25) is 5.02 Å². The highest BCUT2D eigenvalue weighted by Crippen LogP contribution is 2.38. The Bertz CT molecular complexity index is 1480. The summed E-state index contributed by atoms with van der Waals surface area (Å²) in [7, 11) is 0. The molecule has 0 radical (unpaired) electrons. The van der Waals surface area contributed by atoms with Crippen molar-refractivity contribution in [2.45, 2.75) is 0 Å². The van der Waals surface area contributed by atoms with Gasteiger partial charge in [-0.25, -0.2) is 4.99 Å². The number of ether oxygens (including phenoxy) is 1. The zero-order valence-corrected chi connectivity index (χ0v) is 17.9. The standard InChI is InChI=1S/C29H18ClNO/c30-22-16-14-19(15-17-22)28-18-21(23-9-1-2-13-27(23)32-28)8-5-11-25-24-10-3-6-20-7-4-12-26(31-25)29(20)24/h1-18H/b11-5+,21-8-. The van der Waals surface area contributed by atoms with E-state index in [1.807, 2.05) is 42.5 Å². The van der Waals surface area contributed by atoms with Gasteiger partial charge in [-0.2, -0.15) is 0 Å². The predicted octanol–water partition coefficient (Wildman–Crippen LogP) is 8.00. The number of allylic oxidation sites excluding steroid dienone is 5. The molecule has 4 aromatic carbocycles. The molecule has 2 nitrogen and oxygen atoms in total. The fourth-order valence-electron chi connectivity index (χ4n) is 4.24. The van der Waals surface area contributed by atoms with Crippen molar-refractivity contribution in [3.63, 3.8) is 0 Å². The molecule has 3 heteroatoms. The molecular formula is C29H18ClNO. The van der Waals surface area contributed by atoms with Crippen molar-refractivity contribution in [2.24, 2.45) is 4.99 Å². The molecule has 152 valence electrons. The zero-order chi connectivity index (χ0) is 21.5. The van der Waals surface area contributed by atoms with Crippen LogP contribution in [0.25, 0.3) is 22.1 Å². The van der Waals surface area contributed by atoms with E-state index in [0.717, 1.165) is 39.6 Å². The second-order valence-corrected chi connectivity index (χ2v) is 8.21. The molecule has 2 aliphatic heterocycles. The second kappa shape index (κ2) is 7.67. The van der Waals surface area contributed by atoms with Crippen LogP contribution in [0.3, 0.4) is 0 Å². The number of aliphatic imine (C=N–C) groups is 1. The average Bonchev–Trinajstić information content (AvgIpc) is 3.19. The van der Waals surface area contributed by atoms with Gasteiger partial charge in [0.15, 0.2) is 0 Å². The van der Waals surface area contributed by atoms with Crippen LogP contribution in [0.5, 0.6) is 5.75 Å². The minimum atomic E-state index is 0.706. The highest BCUT2D eigenvalue weighted by Gasteiger charge is 2.18. The van der Waals surface area contributed by atoms with Crippen LogP contribution >= 0.6 is 11.6 Å². The Morgan fingerprint density at radius 1 is 0.781 bits per heavy atom. The van der Waals surface area contributed by atoms with Crippen molar-refractivity contribution in [3.05, 3.63) is 131 Å². The lowest BCUT2D eigenvalue weighted by Gasteiger charge is -2.20. The zero-order valence-electron chi connectivity index (χ0n) is 17.1. The third-order valence-corrected chi connectivity index (χ3v) is 6.01. The van der Waals surface area contributed by atoms with Gasteiger partial charge in [0.1, 0.15) is 11.5 Å². The number of halogens is 1. The van der Waals surface area contributed by atoms with Crippen LogP contribution in [0.4, 0.5) is 5.69 Å². The minimum absolute atomic E-state index is 0.706. The van der Waals surface area contributed by atoms with Gasteiger partial charge in [-0.1, -0.05) is 72.3 Å². The van der Waals surface area contributed by atoms with Gasteiger partial charge >= 0.3 is 0 Å². The van der Waals surface area contributed by atoms with Crippen molar-refractivity contribution in [1.29, 1.82) is 0 Å². The van der Waals surface area contributed by atoms with Crippen LogP contribution in [-0.4, -0.2) is 5.71 Å². The third kappa shape index (κ3) is 3.26. The number of rotatable bonds is 3. The number of fused-ring (bicyclic) bond motifs is 1. The highest BCUT2D eigenvalue weighted by atomic mass is 35.5. The molecule has 6 rings (SSSR count). The van der Waals surface area contributed by atoms with Gasteiger partial charge in [0.2, 0.25) is 0 Å². The SMILES string of the molecule is Clc1ccc(C2=C/C(=C/C=C/C3=Nc4cccc5cccc3c45)c3ccccc3O2)cc1. The maximum absolute atomic E-state index is 6.18. The number of nitrogens with zero attached hydrogens (tertiary/aromatic N) is 1. The van der Waals surface area contributed by atoms with E-state index in [2.05, 4.69) is 66.8 Å². The van der Waals surface area contributed by atoms with E-state index in [1.54, 1.807) is 0 Å². The normalized spacial score (nSPS) is 15.6. The fraction of sp³-hybridized carbons (Fsp3) is 0. The summed E-state index contributed by atoms with van der Waals surface area (Å²) in [5, 5.41) is 3.15. The molecule has 0 aromatic heterocycles. The van der Waals surface area contributed by atoms with E-state index in [0.29, 0.717) is 5.02 Å². The Labute approximate surface area is 191 Å². The van der Waals surface area contributed by atoms with E-state index in [-0.39, 0.29) is 0 Å². The van der Waals surface area contributed by atoms with E-state index in [9.17, 15) is 0 Å². The molecule has 0 fully saturated rings. The van der Waals surface area contributed by atoms with E-state index < -0.39 is 0 Å². The summed E-state index contributed by atoms with van der Waals surface area (Å²) in [5.74, 6) is 1.64. The quantitative estimate of drug-likeness (QED) is 0.322. The molecule has 2 heterocycles. The average molecular weight is 432 g/mol. The molecule has 0 atom stereocenters. The van der Waals surface area contributed by atoms with Crippen molar-refractivity contribution in [2.75, 3.05) is 0 Å². The maximum atomic E-state index is 6.18. The molecule has 2 aliphatic rings. The fourth-order valence-corrected chi connectivity index (χ4v) is 4.37. The van der Waals surface area contributed by atoms with Gasteiger partial charge in [-0.15, -0.1) is 0 Å². The molecule has 4 aromatic rings.